The molecule has 6 heteroatoms. The molecule has 3 aromatic carbocycles. The van der Waals surface area contributed by atoms with Crippen molar-refractivity contribution in [3.8, 4) is 17.1 Å². The standard InChI is InChI=1S/C24H21BrN4O/c1-16(2)20-15-18(25)13-14-21(20)26-24(30)22-27-23(17-9-5-3-6-10-17)29(28-22)19-11-7-4-8-12-19/h3-16H,1-2H3,(H,26,30). The van der Waals surface area contributed by atoms with Crippen molar-refractivity contribution in [1.82, 2.24) is 14.8 Å². The highest BCUT2D eigenvalue weighted by atomic mass is 79.9. The summed E-state index contributed by atoms with van der Waals surface area (Å²) >= 11 is 3.50. The second-order valence-electron chi connectivity index (χ2n) is 7.21. The molecule has 1 N–H and O–H groups in total. The fourth-order valence-electron chi connectivity index (χ4n) is 3.23. The molecule has 0 aliphatic carbocycles. The third-order valence-corrected chi connectivity index (χ3v) is 5.22. The zero-order chi connectivity index (χ0) is 21.1. The molecule has 4 aromatic rings. The molecule has 150 valence electrons. The fraction of sp³-hybridized carbons (Fsp3) is 0.125. The number of halogens is 1. The average molecular weight is 461 g/mol. The van der Waals surface area contributed by atoms with E-state index in [4.69, 9.17) is 0 Å². The highest BCUT2D eigenvalue weighted by molar-refractivity contribution is 9.10. The molecule has 0 atom stereocenters. The number of anilines is 1. The van der Waals surface area contributed by atoms with Gasteiger partial charge in [-0.2, -0.15) is 0 Å². The summed E-state index contributed by atoms with van der Waals surface area (Å²) in [5.74, 6) is 0.653. The van der Waals surface area contributed by atoms with Crippen LogP contribution >= 0.6 is 15.9 Å². The molecule has 0 spiro atoms. The van der Waals surface area contributed by atoms with Gasteiger partial charge in [0.2, 0.25) is 5.82 Å². The predicted molar refractivity (Wildman–Crippen MR) is 123 cm³/mol. The SMILES string of the molecule is CC(C)c1cc(Br)ccc1NC(=O)c1nc(-c2ccccc2)n(-c2ccccc2)n1. The summed E-state index contributed by atoms with van der Waals surface area (Å²) in [6.07, 6.45) is 0. The Hall–Kier alpha value is -3.25. The molecule has 30 heavy (non-hydrogen) atoms. The molecule has 1 aromatic heterocycles. The smallest absolute Gasteiger partial charge is 0.295 e. The Balaban J connectivity index is 1.73. The third-order valence-electron chi connectivity index (χ3n) is 4.73. The first-order chi connectivity index (χ1) is 14.5. The number of hydrogen-bond donors (Lipinski definition) is 1. The van der Waals surface area contributed by atoms with E-state index in [0.717, 1.165) is 27.0 Å². The molecule has 0 unspecified atom stereocenters. The Morgan fingerprint density at radius 2 is 1.63 bits per heavy atom. The molecule has 0 radical (unpaired) electrons. The van der Waals surface area contributed by atoms with Crippen LogP contribution in [0.5, 0.6) is 0 Å². The van der Waals surface area contributed by atoms with Gasteiger partial charge in [-0.1, -0.05) is 78.3 Å². The minimum Gasteiger partial charge on any atom is -0.319 e. The summed E-state index contributed by atoms with van der Waals surface area (Å²) in [6.45, 7) is 4.18. The molecule has 0 fully saturated rings. The number of carbonyl (C=O) groups is 1. The van der Waals surface area contributed by atoms with Crippen molar-refractivity contribution in [2.24, 2.45) is 0 Å². The van der Waals surface area contributed by atoms with Crippen molar-refractivity contribution < 1.29 is 4.79 Å². The van der Waals surface area contributed by atoms with Crippen molar-refractivity contribution in [1.29, 1.82) is 0 Å². The summed E-state index contributed by atoms with van der Waals surface area (Å²) in [5.41, 5.74) is 3.54. The van der Waals surface area contributed by atoms with Gasteiger partial charge in [0, 0.05) is 15.7 Å². The van der Waals surface area contributed by atoms with Crippen LogP contribution in [-0.4, -0.2) is 20.7 Å². The predicted octanol–water partition coefficient (Wildman–Crippen LogP) is 6.07. The van der Waals surface area contributed by atoms with Crippen LogP contribution < -0.4 is 5.32 Å². The van der Waals surface area contributed by atoms with E-state index in [1.807, 2.05) is 78.9 Å². The molecule has 0 bridgehead atoms. The molecule has 4 rings (SSSR count). The first-order valence-electron chi connectivity index (χ1n) is 9.71. The second-order valence-corrected chi connectivity index (χ2v) is 8.13. The molecular weight excluding hydrogens is 440 g/mol. The van der Waals surface area contributed by atoms with Crippen molar-refractivity contribution in [2.75, 3.05) is 5.32 Å². The molecular formula is C24H21BrN4O. The molecule has 0 saturated carbocycles. The minimum absolute atomic E-state index is 0.121. The van der Waals surface area contributed by atoms with Gasteiger partial charge < -0.3 is 5.32 Å². The summed E-state index contributed by atoms with van der Waals surface area (Å²) in [7, 11) is 0. The maximum Gasteiger partial charge on any atom is 0.295 e. The van der Waals surface area contributed by atoms with E-state index in [9.17, 15) is 4.79 Å². The van der Waals surface area contributed by atoms with Gasteiger partial charge >= 0.3 is 0 Å². The third kappa shape index (κ3) is 4.19. The van der Waals surface area contributed by atoms with E-state index in [-0.39, 0.29) is 17.6 Å². The Morgan fingerprint density at radius 3 is 2.30 bits per heavy atom. The van der Waals surface area contributed by atoms with Gasteiger partial charge in [0.15, 0.2) is 5.82 Å². The van der Waals surface area contributed by atoms with E-state index in [0.29, 0.717) is 5.82 Å². The zero-order valence-electron chi connectivity index (χ0n) is 16.7. The lowest BCUT2D eigenvalue weighted by molar-refractivity contribution is 0.101. The van der Waals surface area contributed by atoms with Gasteiger partial charge in [0.05, 0.1) is 5.69 Å². The van der Waals surface area contributed by atoms with Crippen LogP contribution in [0.25, 0.3) is 17.1 Å². The minimum atomic E-state index is -0.342. The topological polar surface area (TPSA) is 59.8 Å². The Labute approximate surface area is 183 Å². The van der Waals surface area contributed by atoms with E-state index in [2.05, 4.69) is 45.2 Å². The van der Waals surface area contributed by atoms with Gasteiger partial charge in [-0.3, -0.25) is 4.79 Å². The second kappa shape index (κ2) is 8.63. The maximum absolute atomic E-state index is 13.0. The Bertz CT molecular complexity index is 1110. The lowest BCUT2D eigenvalue weighted by Gasteiger charge is -2.13. The number of nitrogens with one attached hydrogen (secondary N) is 1. The van der Waals surface area contributed by atoms with Gasteiger partial charge in [0.25, 0.3) is 5.91 Å². The quantitative estimate of drug-likeness (QED) is 0.392. The van der Waals surface area contributed by atoms with Gasteiger partial charge in [-0.05, 0) is 41.8 Å². The van der Waals surface area contributed by atoms with Crippen LogP contribution in [0.4, 0.5) is 5.69 Å². The monoisotopic (exact) mass is 460 g/mol. The van der Waals surface area contributed by atoms with E-state index >= 15 is 0 Å². The Morgan fingerprint density at radius 1 is 0.967 bits per heavy atom. The number of carbonyl (C=O) groups excluding carboxylic acids is 1. The largest absolute Gasteiger partial charge is 0.319 e. The van der Waals surface area contributed by atoms with Crippen molar-refractivity contribution in [2.45, 2.75) is 19.8 Å². The zero-order valence-corrected chi connectivity index (χ0v) is 18.3. The summed E-state index contributed by atoms with van der Waals surface area (Å²) in [4.78, 5) is 17.6. The number of benzene rings is 3. The van der Waals surface area contributed by atoms with Crippen LogP contribution in [0.15, 0.2) is 83.3 Å². The molecule has 5 nitrogen and oxygen atoms in total. The molecule has 1 heterocycles. The van der Waals surface area contributed by atoms with Crippen molar-refractivity contribution >= 4 is 27.5 Å². The van der Waals surface area contributed by atoms with E-state index in [1.54, 1.807) is 4.68 Å². The first kappa shape index (κ1) is 20.0. The lowest BCUT2D eigenvalue weighted by atomic mass is 10.0. The number of hydrogen-bond acceptors (Lipinski definition) is 3. The summed E-state index contributed by atoms with van der Waals surface area (Å²) < 4.78 is 2.68. The van der Waals surface area contributed by atoms with Gasteiger partial charge in [-0.25, -0.2) is 9.67 Å². The summed E-state index contributed by atoms with van der Waals surface area (Å²) in [5, 5.41) is 7.51. The highest BCUT2D eigenvalue weighted by Gasteiger charge is 2.20. The van der Waals surface area contributed by atoms with Crippen LogP contribution in [0.3, 0.4) is 0 Å². The van der Waals surface area contributed by atoms with Crippen LogP contribution in [0.1, 0.15) is 35.9 Å². The lowest BCUT2D eigenvalue weighted by Crippen LogP contribution is -2.16. The number of aromatic nitrogens is 3. The normalized spacial score (nSPS) is 10.9. The van der Waals surface area contributed by atoms with E-state index in [1.165, 1.54) is 0 Å². The van der Waals surface area contributed by atoms with Crippen LogP contribution in [0, 0.1) is 0 Å². The average Bonchev–Trinajstić information content (AvgIpc) is 3.22. The van der Waals surface area contributed by atoms with Crippen molar-refractivity contribution in [3.05, 3.63) is 94.7 Å². The number of amides is 1. The number of nitrogens with zero attached hydrogens (tertiary/aromatic N) is 3. The van der Waals surface area contributed by atoms with Gasteiger partial charge in [-0.15, -0.1) is 5.10 Å². The van der Waals surface area contributed by atoms with Gasteiger partial charge in [0.1, 0.15) is 0 Å². The molecule has 1 amide bonds. The number of rotatable bonds is 5. The fourth-order valence-corrected chi connectivity index (χ4v) is 3.61. The van der Waals surface area contributed by atoms with Crippen LogP contribution in [0.2, 0.25) is 0 Å². The molecule has 0 aliphatic heterocycles. The highest BCUT2D eigenvalue weighted by Crippen LogP contribution is 2.28. The first-order valence-corrected chi connectivity index (χ1v) is 10.5. The summed E-state index contributed by atoms with van der Waals surface area (Å²) in [6, 6.07) is 25.2. The maximum atomic E-state index is 13.0. The Kier molecular flexibility index (Phi) is 5.77. The van der Waals surface area contributed by atoms with E-state index < -0.39 is 0 Å². The van der Waals surface area contributed by atoms with Crippen molar-refractivity contribution in [3.63, 3.8) is 0 Å². The van der Waals surface area contributed by atoms with Crippen LogP contribution in [-0.2, 0) is 0 Å². The number of para-hydroxylation sites is 1. The molecule has 0 aliphatic rings. The molecule has 0 saturated heterocycles.